The molecular formula is C12H11ClN6O2. The van der Waals surface area contributed by atoms with Gasteiger partial charge in [0, 0.05) is 11.8 Å². The van der Waals surface area contributed by atoms with E-state index in [1.807, 2.05) is 0 Å². The van der Waals surface area contributed by atoms with Crippen LogP contribution in [0.1, 0.15) is 22.8 Å². The average molecular weight is 307 g/mol. The standard InChI is InChI=1S/C12H11ClN6O2/c1-3-21-11(20)8-4-15-18(5-8)10-7(2)9(13)17-12-14-6-16-19(10)12/h4-6H,3H2,1-2H3. The van der Waals surface area contributed by atoms with Gasteiger partial charge in [-0.25, -0.2) is 9.48 Å². The Morgan fingerprint density at radius 2 is 2.24 bits per heavy atom. The highest BCUT2D eigenvalue weighted by molar-refractivity contribution is 6.30. The van der Waals surface area contributed by atoms with Crippen LogP contribution in [-0.2, 0) is 4.74 Å². The molecule has 0 aliphatic carbocycles. The minimum absolute atomic E-state index is 0.303. The summed E-state index contributed by atoms with van der Waals surface area (Å²) in [4.78, 5) is 19.8. The summed E-state index contributed by atoms with van der Waals surface area (Å²) < 4.78 is 7.94. The van der Waals surface area contributed by atoms with Crippen molar-refractivity contribution in [2.75, 3.05) is 6.61 Å². The van der Waals surface area contributed by atoms with Crippen molar-refractivity contribution in [1.29, 1.82) is 0 Å². The molecule has 3 rings (SSSR count). The van der Waals surface area contributed by atoms with Gasteiger partial charge in [0.15, 0.2) is 5.82 Å². The zero-order valence-corrected chi connectivity index (χ0v) is 12.1. The fraction of sp³-hybridized carbons (Fsp3) is 0.250. The van der Waals surface area contributed by atoms with Gasteiger partial charge in [-0.3, -0.25) is 0 Å². The Morgan fingerprint density at radius 1 is 1.43 bits per heavy atom. The summed E-state index contributed by atoms with van der Waals surface area (Å²) in [6.07, 6.45) is 4.35. The van der Waals surface area contributed by atoms with Crippen molar-refractivity contribution in [3.63, 3.8) is 0 Å². The van der Waals surface area contributed by atoms with Gasteiger partial charge in [0.2, 0.25) is 0 Å². The molecule has 0 amide bonds. The summed E-state index contributed by atoms with van der Waals surface area (Å²) in [5.74, 6) is 0.489. The van der Waals surface area contributed by atoms with Crippen molar-refractivity contribution < 1.29 is 9.53 Å². The zero-order valence-electron chi connectivity index (χ0n) is 11.3. The average Bonchev–Trinajstić information content (AvgIpc) is 3.09. The first kappa shape index (κ1) is 13.5. The second-order valence-electron chi connectivity index (χ2n) is 4.22. The fourth-order valence-electron chi connectivity index (χ4n) is 1.91. The number of carbonyl (C=O) groups excluding carboxylic acids is 1. The van der Waals surface area contributed by atoms with Gasteiger partial charge in [0.05, 0.1) is 18.4 Å². The largest absolute Gasteiger partial charge is 0.462 e. The Labute approximate surface area is 124 Å². The summed E-state index contributed by atoms with van der Waals surface area (Å²) in [7, 11) is 0. The fourth-order valence-corrected chi connectivity index (χ4v) is 2.07. The molecule has 0 unspecified atom stereocenters. The third-order valence-corrected chi connectivity index (χ3v) is 3.25. The van der Waals surface area contributed by atoms with Crippen LogP contribution < -0.4 is 0 Å². The number of aromatic nitrogens is 6. The third kappa shape index (κ3) is 2.23. The minimum atomic E-state index is -0.434. The van der Waals surface area contributed by atoms with E-state index in [0.717, 1.165) is 0 Å². The Kier molecular flexibility index (Phi) is 3.30. The summed E-state index contributed by atoms with van der Waals surface area (Å²) >= 11 is 6.09. The van der Waals surface area contributed by atoms with E-state index < -0.39 is 5.97 Å². The van der Waals surface area contributed by atoms with Crippen LogP contribution in [0.25, 0.3) is 11.6 Å². The molecule has 0 spiro atoms. The highest BCUT2D eigenvalue weighted by Gasteiger charge is 2.17. The Bertz CT molecular complexity index is 824. The number of hydrogen-bond donors (Lipinski definition) is 0. The third-order valence-electron chi connectivity index (χ3n) is 2.88. The van der Waals surface area contributed by atoms with Crippen LogP contribution in [0.2, 0.25) is 5.15 Å². The SMILES string of the molecule is CCOC(=O)c1cnn(-c2c(C)c(Cl)nc3ncnn23)c1. The number of ether oxygens (including phenoxy) is 1. The first-order chi connectivity index (χ1) is 10.1. The predicted octanol–water partition coefficient (Wildman–Crippen LogP) is 1.45. The number of esters is 1. The summed E-state index contributed by atoms with van der Waals surface area (Å²) in [5, 5.41) is 8.56. The zero-order chi connectivity index (χ0) is 15.0. The molecule has 0 fully saturated rings. The molecule has 0 radical (unpaired) electrons. The van der Waals surface area contributed by atoms with E-state index in [2.05, 4.69) is 20.2 Å². The van der Waals surface area contributed by atoms with Crippen LogP contribution >= 0.6 is 11.6 Å². The quantitative estimate of drug-likeness (QED) is 0.537. The molecule has 0 aliphatic heterocycles. The van der Waals surface area contributed by atoms with E-state index in [0.29, 0.717) is 34.5 Å². The maximum atomic E-state index is 11.7. The van der Waals surface area contributed by atoms with Gasteiger partial charge in [-0.1, -0.05) is 11.6 Å². The lowest BCUT2D eigenvalue weighted by Crippen LogP contribution is -2.09. The lowest BCUT2D eigenvalue weighted by Gasteiger charge is -2.08. The minimum Gasteiger partial charge on any atom is -0.462 e. The highest BCUT2D eigenvalue weighted by atomic mass is 35.5. The Balaban J connectivity index is 2.14. The molecule has 9 heteroatoms. The Hall–Kier alpha value is -2.48. The van der Waals surface area contributed by atoms with E-state index >= 15 is 0 Å². The van der Waals surface area contributed by atoms with Crippen molar-refractivity contribution in [3.05, 3.63) is 35.0 Å². The van der Waals surface area contributed by atoms with Crippen LogP contribution in [0, 0.1) is 6.92 Å². The van der Waals surface area contributed by atoms with E-state index in [-0.39, 0.29) is 0 Å². The van der Waals surface area contributed by atoms with Crippen LogP contribution in [0.15, 0.2) is 18.7 Å². The van der Waals surface area contributed by atoms with E-state index in [1.165, 1.54) is 21.7 Å². The summed E-state index contributed by atoms with van der Waals surface area (Å²) in [6, 6.07) is 0. The number of fused-ring (bicyclic) bond motifs is 1. The van der Waals surface area contributed by atoms with Gasteiger partial charge in [-0.05, 0) is 13.8 Å². The second-order valence-corrected chi connectivity index (χ2v) is 4.58. The van der Waals surface area contributed by atoms with Crippen LogP contribution in [0.5, 0.6) is 0 Å². The van der Waals surface area contributed by atoms with Gasteiger partial charge in [0.1, 0.15) is 11.5 Å². The molecule has 21 heavy (non-hydrogen) atoms. The first-order valence-corrected chi connectivity index (χ1v) is 6.57. The van der Waals surface area contributed by atoms with Gasteiger partial charge in [0.25, 0.3) is 5.78 Å². The van der Waals surface area contributed by atoms with Crippen LogP contribution in [0.3, 0.4) is 0 Å². The predicted molar refractivity (Wildman–Crippen MR) is 73.6 cm³/mol. The summed E-state index contributed by atoms with van der Waals surface area (Å²) in [6.45, 7) is 3.84. The van der Waals surface area contributed by atoms with E-state index in [9.17, 15) is 4.79 Å². The molecule has 8 nitrogen and oxygen atoms in total. The molecule has 0 saturated heterocycles. The highest BCUT2D eigenvalue weighted by Crippen LogP contribution is 2.21. The molecular weight excluding hydrogens is 296 g/mol. The lowest BCUT2D eigenvalue weighted by atomic mass is 10.3. The maximum absolute atomic E-state index is 11.7. The molecule has 0 bridgehead atoms. The van der Waals surface area contributed by atoms with Gasteiger partial charge < -0.3 is 4.74 Å². The van der Waals surface area contributed by atoms with Crippen molar-refractivity contribution in [2.24, 2.45) is 0 Å². The Morgan fingerprint density at radius 3 is 3.00 bits per heavy atom. The smallest absolute Gasteiger partial charge is 0.341 e. The molecule has 3 aromatic heterocycles. The molecule has 0 saturated carbocycles. The molecule has 3 heterocycles. The van der Waals surface area contributed by atoms with Crippen molar-refractivity contribution in [2.45, 2.75) is 13.8 Å². The maximum Gasteiger partial charge on any atom is 0.341 e. The van der Waals surface area contributed by atoms with Gasteiger partial charge in [-0.15, -0.1) is 0 Å². The molecule has 0 aliphatic rings. The van der Waals surface area contributed by atoms with Crippen molar-refractivity contribution >= 4 is 23.3 Å². The number of rotatable bonds is 3. The monoisotopic (exact) mass is 306 g/mol. The number of nitrogens with zero attached hydrogens (tertiary/aromatic N) is 6. The number of carbonyl (C=O) groups is 1. The number of halogens is 1. The van der Waals surface area contributed by atoms with E-state index in [1.54, 1.807) is 20.0 Å². The molecule has 3 aromatic rings. The molecule has 0 atom stereocenters. The van der Waals surface area contributed by atoms with Crippen LogP contribution in [0.4, 0.5) is 0 Å². The normalized spacial score (nSPS) is 11.0. The van der Waals surface area contributed by atoms with Gasteiger partial charge in [-0.2, -0.15) is 24.7 Å². The summed E-state index contributed by atoms with van der Waals surface area (Å²) in [5.41, 5.74) is 1.02. The van der Waals surface area contributed by atoms with Crippen LogP contribution in [-0.4, -0.2) is 41.9 Å². The molecule has 0 N–H and O–H groups in total. The molecule has 0 aromatic carbocycles. The number of hydrogen-bond acceptors (Lipinski definition) is 6. The van der Waals surface area contributed by atoms with E-state index in [4.69, 9.17) is 16.3 Å². The second kappa shape index (κ2) is 5.13. The first-order valence-electron chi connectivity index (χ1n) is 6.19. The lowest BCUT2D eigenvalue weighted by molar-refractivity contribution is 0.0526. The molecule has 108 valence electrons. The van der Waals surface area contributed by atoms with Gasteiger partial charge >= 0.3 is 5.97 Å². The van der Waals surface area contributed by atoms with Crippen molar-refractivity contribution in [1.82, 2.24) is 29.4 Å². The topological polar surface area (TPSA) is 87.2 Å². The van der Waals surface area contributed by atoms with Crippen molar-refractivity contribution in [3.8, 4) is 5.82 Å².